The quantitative estimate of drug-likeness (QED) is 0.744. The van der Waals surface area contributed by atoms with Gasteiger partial charge in [0.1, 0.15) is 0 Å². The van der Waals surface area contributed by atoms with Gasteiger partial charge in [0.05, 0.1) is 0 Å². The van der Waals surface area contributed by atoms with Crippen molar-refractivity contribution < 1.29 is 4.79 Å². The molecule has 3 rings (SSSR count). The van der Waals surface area contributed by atoms with E-state index in [0.717, 1.165) is 35.6 Å². The molecule has 106 valence electrons. The fourth-order valence-corrected chi connectivity index (χ4v) is 3.51. The molecule has 1 N–H and O–H groups in total. The van der Waals surface area contributed by atoms with Crippen molar-refractivity contribution in [1.82, 2.24) is 5.32 Å². The second-order valence-electron chi connectivity index (χ2n) is 7.12. The van der Waals surface area contributed by atoms with E-state index >= 15 is 0 Å². The van der Waals surface area contributed by atoms with Crippen molar-refractivity contribution in [2.24, 2.45) is 11.3 Å². The third-order valence-electron chi connectivity index (χ3n) is 4.85. The highest BCUT2D eigenvalue weighted by Crippen LogP contribution is 2.42. The van der Waals surface area contributed by atoms with E-state index in [0.29, 0.717) is 5.41 Å². The lowest BCUT2D eigenvalue weighted by molar-refractivity contribution is 0.0980. The van der Waals surface area contributed by atoms with Crippen LogP contribution in [-0.2, 0) is 0 Å². The van der Waals surface area contributed by atoms with Gasteiger partial charge in [0.25, 0.3) is 5.91 Å². The van der Waals surface area contributed by atoms with Crippen molar-refractivity contribution in [2.45, 2.75) is 46.5 Å². The molecular weight excluding hydrogens is 246 g/mol. The van der Waals surface area contributed by atoms with Gasteiger partial charge in [0, 0.05) is 16.8 Å². The van der Waals surface area contributed by atoms with Crippen LogP contribution < -0.4 is 5.32 Å². The van der Waals surface area contributed by atoms with Gasteiger partial charge < -0.3 is 5.32 Å². The highest BCUT2D eigenvalue weighted by atomic mass is 16.1. The van der Waals surface area contributed by atoms with Crippen molar-refractivity contribution in [2.75, 3.05) is 0 Å². The number of rotatable bonds is 0. The van der Waals surface area contributed by atoms with Gasteiger partial charge in [-0.15, -0.1) is 0 Å². The minimum Gasteiger partial charge on any atom is -0.321 e. The number of fused-ring (bicyclic) bond motifs is 1. The molecular formula is C18H23NO. The minimum atomic E-state index is 0.0565. The Labute approximate surface area is 121 Å². The third kappa shape index (κ3) is 2.28. The SMILES string of the molecule is CC(C)(C)C1CCC(=C2NC(=O)c3ccccc32)CC1. The highest BCUT2D eigenvalue weighted by molar-refractivity contribution is 6.09. The topological polar surface area (TPSA) is 29.1 Å². The zero-order valence-electron chi connectivity index (χ0n) is 12.6. The molecule has 0 atom stereocenters. The molecule has 20 heavy (non-hydrogen) atoms. The monoisotopic (exact) mass is 269 g/mol. The smallest absolute Gasteiger partial charge is 0.256 e. The fourth-order valence-electron chi connectivity index (χ4n) is 3.51. The van der Waals surface area contributed by atoms with Crippen LogP contribution in [0.2, 0.25) is 0 Å². The molecule has 0 radical (unpaired) electrons. The van der Waals surface area contributed by atoms with Crippen LogP contribution in [0.15, 0.2) is 29.8 Å². The summed E-state index contributed by atoms with van der Waals surface area (Å²) in [5.41, 5.74) is 4.85. The van der Waals surface area contributed by atoms with Gasteiger partial charge in [0.2, 0.25) is 0 Å². The summed E-state index contributed by atoms with van der Waals surface area (Å²) in [6.07, 6.45) is 4.71. The Morgan fingerprint density at radius 1 is 1.05 bits per heavy atom. The van der Waals surface area contributed by atoms with Crippen molar-refractivity contribution in [3.05, 3.63) is 41.0 Å². The van der Waals surface area contributed by atoms with E-state index in [4.69, 9.17) is 0 Å². The Morgan fingerprint density at radius 2 is 1.65 bits per heavy atom. The van der Waals surface area contributed by atoms with Gasteiger partial charge in [-0.1, -0.05) is 39.0 Å². The van der Waals surface area contributed by atoms with Crippen LogP contribution in [0, 0.1) is 11.3 Å². The lowest BCUT2D eigenvalue weighted by atomic mass is 9.71. The number of hydrogen-bond donors (Lipinski definition) is 1. The van der Waals surface area contributed by atoms with Crippen LogP contribution in [0.4, 0.5) is 0 Å². The Kier molecular flexibility index (Phi) is 3.19. The Morgan fingerprint density at radius 3 is 2.25 bits per heavy atom. The van der Waals surface area contributed by atoms with Gasteiger partial charge in [-0.2, -0.15) is 0 Å². The van der Waals surface area contributed by atoms with Crippen molar-refractivity contribution in [1.29, 1.82) is 0 Å². The van der Waals surface area contributed by atoms with Crippen molar-refractivity contribution in [3.8, 4) is 0 Å². The number of nitrogens with one attached hydrogen (secondary N) is 1. The lowest BCUT2D eigenvalue weighted by Gasteiger charge is -2.35. The lowest BCUT2D eigenvalue weighted by Crippen LogP contribution is -2.24. The Balaban J connectivity index is 1.86. The number of carbonyl (C=O) groups excluding carboxylic acids is 1. The molecule has 0 bridgehead atoms. The molecule has 1 fully saturated rings. The average Bonchev–Trinajstić information content (AvgIpc) is 2.76. The van der Waals surface area contributed by atoms with Gasteiger partial charge in [-0.3, -0.25) is 4.79 Å². The maximum absolute atomic E-state index is 12.0. The third-order valence-corrected chi connectivity index (χ3v) is 4.85. The zero-order chi connectivity index (χ0) is 14.3. The molecule has 0 saturated heterocycles. The number of carbonyl (C=O) groups is 1. The van der Waals surface area contributed by atoms with Crippen LogP contribution in [-0.4, -0.2) is 5.91 Å². The molecule has 2 nitrogen and oxygen atoms in total. The molecule has 1 saturated carbocycles. The second-order valence-corrected chi connectivity index (χ2v) is 7.12. The van der Waals surface area contributed by atoms with Gasteiger partial charge in [-0.25, -0.2) is 0 Å². The van der Waals surface area contributed by atoms with E-state index in [-0.39, 0.29) is 5.91 Å². The van der Waals surface area contributed by atoms with Crippen molar-refractivity contribution >= 4 is 11.6 Å². The van der Waals surface area contributed by atoms with Crippen LogP contribution >= 0.6 is 0 Å². The molecule has 1 aromatic carbocycles. The number of hydrogen-bond acceptors (Lipinski definition) is 1. The molecule has 0 unspecified atom stereocenters. The normalized spacial score (nSPS) is 22.8. The maximum Gasteiger partial charge on any atom is 0.256 e. The second kappa shape index (κ2) is 4.76. The van der Waals surface area contributed by atoms with E-state index < -0.39 is 0 Å². The summed E-state index contributed by atoms with van der Waals surface area (Å²) in [7, 11) is 0. The number of benzene rings is 1. The molecule has 1 heterocycles. The molecule has 1 aliphatic carbocycles. The predicted octanol–water partition coefficient (Wildman–Crippen LogP) is 4.38. The summed E-state index contributed by atoms with van der Waals surface area (Å²) >= 11 is 0. The predicted molar refractivity (Wildman–Crippen MR) is 82.2 cm³/mol. The first-order valence-electron chi connectivity index (χ1n) is 7.59. The fraction of sp³-hybridized carbons (Fsp3) is 0.500. The van der Waals surface area contributed by atoms with Crippen LogP contribution in [0.1, 0.15) is 62.4 Å². The first kappa shape index (κ1) is 13.4. The first-order valence-corrected chi connectivity index (χ1v) is 7.59. The molecule has 2 aliphatic rings. The molecule has 1 aliphatic heterocycles. The Hall–Kier alpha value is -1.57. The summed E-state index contributed by atoms with van der Waals surface area (Å²) in [6, 6.07) is 7.92. The first-order chi connectivity index (χ1) is 9.47. The molecule has 0 spiro atoms. The number of amides is 1. The molecule has 1 aromatic rings. The molecule has 1 amide bonds. The Bertz CT molecular complexity index is 567. The van der Waals surface area contributed by atoms with E-state index in [1.54, 1.807) is 0 Å². The summed E-state index contributed by atoms with van der Waals surface area (Å²) in [6.45, 7) is 7.01. The average molecular weight is 269 g/mol. The van der Waals surface area contributed by atoms with Crippen molar-refractivity contribution in [3.63, 3.8) is 0 Å². The van der Waals surface area contributed by atoms with Gasteiger partial charge >= 0.3 is 0 Å². The van der Waals surface area contributed by atoms with Crippen LogP contribution in [0.3, 0.4) is 0 Å². The van der Waals surface area contributed by atoms with Gasteiger partial charge in [-0.05, 0) is 48.7 Å². The summed E-state index contributed by atoms with van der Waals surface area (Å²) in [5.74, 6) is 0.847. The summed E-state index contributed by atoms with van der Waals surface area (Å²) < 4.78 is 0. The molecule has 0 aromatic heterocycles. The van der Waals surface area contributed by atoms with E-state index in [9.17, 15) is 4.79 Å². The minimum absolute atomic E-state index is 0.0565. The zero-order valence-corrected chi connectivity index (χ0v) is 12.6. The number of allylic oxidation sites excluding steroid dienone is 1. The maximum atomic E-state index is 12.0. The van der Waals surface area contributed by atoms with E-state index in [1.165, 1.54) is 18.4 Å². The van der Waals surface area contributed by atoms with Crippen LogP contribution in [0.25, 0.3) is 5.70 Å². The highest BCUT2D eigenvalue weighted by Gasteiger charge is 2.31. The van der Waals surface area contributed by atoms with Gasteiger partial charge in [0.15, 0.2) is 0 Å². The summed E-state index contributed by atoms with van der Waals surface area (Å²) in [4.78, 5) is 12.0. The van der Waals surface area contributed by atoms with E-state index in [1.807, 2.05) is 18.2 Å². The van der Waals surface area contributed by atoms with Crippen LogP contribution in [0.5, 0.6) is 0 Å². The molecule has 2 heteroatoms. The summed E-state index contributed by atoms with van der Waals surface area (Å²) in [5, 5.41) is 3.08. The standard InChI is InChI=1S/C18H23NO/c1-18(2,3)13-10-8-12(9-11-13)16-14-6-4-5-7-15(14)17(20)19-16/h4-7,13H,8-11H2,1-3H3,(H,19,20). The van der Waals surface area contributed by atoms with E-state index in [2.05, 4.69) is 32.2 Å². The largest absolute Gasteiger partial charge is 0.321 e.